The first kappa shape index (κ1) is 11.2. The molecule has 92 valence electrons. The third-order valence-corrected chi connectivity index (χ3v) is 3.48. The van der Waals surface area contributed by atoms with Crippen molar-refractivity contribution in [1.29, 1.82) is 0 Å². The van der Waals surface area contributed by atoms with Crippen molar-refractivity contribution in [2.24, 2.45) is 0 Å². The third kappa shape index (κ3) is 2.36. The van der Waals surface area contributed by atoms with Crippen LogP contribution in [0.15, 0.2) is 42.7 Å². The van der Waals surface area contributed by atoms with Crippen LogP contribution in [0, 0.1) is 0 Å². The highest BCUT2D eigenvalue weighted by Crippen LogP contribution is 2.24. The van der Waals surface area contributed by atoms with Crippen molar-refractivity contribution in [3.05, 3.63) is 59.4 Å². The first-order valence-electron chi connectivity index (χ1n) is 6.30. The predicted octanol–water partition coefficient (Wildman–Crippen LogP) is 2.22. The van der Waals surface area contributed by atoms with Gasteiger partial charge < -0.3 is 5.73 Å². The molecule has 2 heterocycles. The van der Waals surface area contributed by atoms with Crippen LogP contribution in [0.5, 0.6) is 0 Å². The molecular weight excluding hydrogens is 222 g/mol. The number of anilines is 1. The number of aromatic nitrogens is 1. The molecular formula is C15H17N3. The van der Waals surface area contributed by atoms with Gasteiger partial charge in [0.2, 0.25) is 0 Å². The Bertz CT molecular complexity index is 537. The lowest BCUT2D eigenvalue weighted by molar-refractivity contribution is 0.288. The zero-order valence-corrected chi connectivity index (χ0v) is 10.3. The van der Waals surface area contributed by atoms with E-state index >= 15 is 0 Å². The molecule has 0 unspecified atom stereocenters. The van der Waals surface area contributed by atoms with E-state index in [1.165, 1.54) is 16.7 Å². The molecule has 0 radical (unpaired) electrons. The summed E-state index contributed by atoms with van der Waals surface area (Å²) >= 11 is 0. The third-order valence-electron chi connectivity index (χ3n) is 3.48. The lowest BCUT2D eigenvalue weighted by Gasteiger charge is -2.14. The SMILES string of the molecule is Nc1ccc2c(c1)CN(CCc1ccncc1)C2. The van der Waals surface area contributed by atoms with Crippen LogP contribution >= 0.6 is 0 Å². The van der Waals surface area contributed by atoms with Gasteiger partial charge >= 0.3 is 0 Å². The van der Waals surface area contributed by atoms with Crippen molar-refractivity contribution < 1.29 is 0 Å². The predicted molar refractivity (Wildman–Crippen MR) is 72.9 cm³/mol. The average molecular weight is 239 g/mol. The van der Waals surface area contributed by atoms with Gasteiger partial charge in [-0.05, 0) is 47.4 Å². The fourth-order valence-corrected chi connectivity index (χ4v) is 2.48. The van der Waals surface area contributed by atoms with Crippen LogP contribution in [0.2, 0.25) is 0 Å². The second-order valence-corrected chi connectivity index (χ2v) is 4.84. The summed E-state index contributed by atoms with van der Waals surface area (Å²) in [7, 11) is 0. The molecule has 1 aromatic carbocycles. The molecule has 1 aromatic heterocycles. The molecule has 0 saturated carbocycles. The minimum absolute atomic E-state index is 0.865. The van der Waals surface area contributed by atoms with Gasteiger partial charge in [-0.15, -0.1) is 0 Å². The molecule has 2 aromatic rings. The summed E-state index contributed by atoms with van der Waals surface area (Å²) < 4.78 is 0. The van der Waals surface area contributed by atoms with Gasteiger partial charge in [-0.1, -0.05) is 6.07 Å². The lowest BCUT2D eigenvalue weighted by Crippen LogP contribution is -2.19. The molecule has 3 nitrogen and oxygen atoms in total. The molecule has 1 aliphatic rings. The Balaban J connectivity index is 1.61. The fourth-order valence-electron chi connectivity index (χ4n) is 2.48. The number of hydrogen-bond acceptors (Lipinski definition) is 3. The van der Waals surface area contributed by atoms with E-state index in [1.807, 2.05) is 18.5 Å². The Morgan fingerprint density at radius 3 is 2.67 bits per heavy atom. The second kappa shape index (κ2) is 4.78. The molecule has 0 bridgehead atoms. The monoisotopic (exact) mass is 239 g/mol. The fraction of sp³-hybridized carbons (Fsp3) is 0.267. The Morgan fingerprint density at radius 2 is 1.83 bits per heavy atom. The van der Waals surface area contributed by atoms with E-state index in [9.17, 15) is 0 Å². The van der Waals surface area contributed by atoms with Crippen LogP contribution in [0.1, 0.15) is 16.7 Å². The highest BCUT2D eigenvalue weighted by molar-refractivity contribution is 5.46. The molecule has 1 aliphatic heterocycles. The second-order valence-electron chi connectivity index (χ2n) is 4.84. The van der Waals surface area contributed by atoms with Gasteiger partial charge in [-0.3, -0.25) is 9.88 Å². The van der Waals surface area contributed by atoms with Gasteiger partial charge in [0.1, 0.15) is 0 Å². The van der Waals surface area contributed by atoms with Gasteiger partial charge in [0.05, 0.1) is 0 Å². The van der Waals surface area contributed by atoms with Crippen LogP contribution in [-0.4, -0.2) is 16.4 Å². The largest absolute Gasteiger partial charge is 0.399 e. The van der Waals surface area contributed by atoms with Gasteiger partial charge in [-0.25, -0.2) is 0 Å². The Kier molecular flexibility index (Phi) is 2.99. The van der Waals surface area contributed by atoms with Gasteiger partial charge in [0.15, 0.2) is 0 Å². The number of nitrogens with two attached hydrogens (primary N) is 1. The highest BCUT2D eigenvalue weighted by Gasteiger charge is 2.18. The quantitative estimate of drug-likeness (QED) is 0.835. The normalized spacial score (nSPS) is 14.7. The number of nitrogen functional groups attached to an aromatic ring is 1. The average Bonchev–Trinajstić information content (AvgIpc) is 2.79. The first-order valence-corrected chi connectivity index (χ1v) is 6.30. The van der Waals surface area contributed by atoms with Gasteiger partial charge in [0.25, 0.3) is 0 Å². The summed E-state index contributed by atoms with van der Waals surface area (Å²) in [4.78, 5) is 6.50. The van der Waals surface area contributed by atoms with Crippen molar-refractivity contribution >= 4 is 5.69 Å². The molecule has 2 N–H and O–H groups in total. The van der Waals surface area contributed by atoms with Crippen molar-refractivity contribution in [2.75, 3.05) is 12.3 Å². The topological polar surface area (TPSA) is 42.1 Å². The first-order chi connectivity index (χ1) is 8.81. The molecule has 0 spiro atoms. The van der Waals surface area contributed by atoms with Crippen molar-refractivity contribution in [3.63, 3.8) is 0 Å². The molecule has 0 amide bonds. The van der Waals surface area contributed by atoms with Gasteiger partial charge in [-0.2, -0.15) is 0 Å². The Labute approximate surface area is 107 Å². The summed E-state index contributed by atoms with van der Waals surface area (Å²) in [5.41, 5.74) is 10.8. The van der Waals surface area contributed by atoms with E-state index in [4.69, 9.17) is 5.73 Å². The smallest absolute Gasteiger partial charge is 0.0317 e. The number of hydrogen-bond donors (Lipinski definition) is 1. The van der Waals surface area contributed by atoms with E-state index in [0.717, 1.165) is 31.7 Å². The maximum Gasteiger partial charge on any atom is 0.0317 e. The molecule has 0 atom stereocenters. The molecule has 3 rings (SSSR count). The van der Waals surface area contributed by atoms with E-state index in [0.29, 0.717) is 0 Å². The minimum Gasteiger partial charge on any atom is -0.399 e. The standard InChI is InChI=1S/C15H17N3/c16-15-2-1-13-10-18(11-14(13)9-15)8-5-12-3-6-17-7-4-12/h1-4,6-7,9H,5,8,10-11,16H2. The van der Waals surface area contributed by atoms with Crippen molar-refractivity contribution in [2.45, 2.75) is 19.5 Å². The van der Waals surface area contributed by atoms with Crippen LogP contribution in [0.4, 0.5) is 5.69 Å². The van der Waals surface area contributed by atoms with Crippen LogP contribution < -0.4 is 5.73 Å². The summed E-state index contributed by atoms with van der Waals surface area (Å²) in [5.74, 6) is 0. The van der Waals surface area contributed by atoms with E-state index in [1.54, 1.807) is 0 Å². The summed E-state index contributed by atoms with van der Waals surface area (Å²) in [5, 5.41) is 0. The van der Waals surface area contributed by atoms with Crippen LogP contribution in [-0.2, 0) is 19.5 Å². The molecule has 0 fully saturated rings. The summed E-state index contributed by atoms with van der Waals surface area (Å²) in [6.07, 6.45) is 4.79. The minimum atomic E-state index is 0.865. The molecule has 0 saturated heterocycles. The number of nitrogens with zero attached hydrogens (tertiary/aromatic N) is 2. The maximum absolute atomic E-state index is 5.82. The van der Waals surface area contributed by atoms with Crippen molar-refractivity contribution in [3.8, 4) is 0 Å². The number of pyridine rings is 1. The van der Waals surface area contributed by atoms with Gasteiger partial charge in [0, 0.05) is 37.7 Å². The molecule has 18 heavy (non-hydrogen) atoms. The van der Waals surface area contributed by atoms with Crippen LogP contribution in [0.3, 0.4) is 0 Å². The molecule has 0 aliphatic carbocycles. The van der Waals surface area contributed by atoms with E-state index < -0.39 is 0 Å². The van der Waals surface area contributed by atoms with E-state index in [2.05, 4.69) is 34.1 Å². The molecule has 3 heteroatoms. The zero-order valence-electron chi connectivity index (χ0n) is 10.3. The summed E-state index contributed by atoms with van der Waals surface area (Å²) in [6, 6.07) is 10.4. The summed E-state index contributed by atoms with van der Waals surface area (Å²) in [6.45, 7) is 3.14. The highest BCUT2D eigenvalue weighted by atomic mass is 15.1. The number of fused-ring (bicyclic) bond motifs is 1. The van der Waals surface area contributed by atoms with Crippen LogP contribution in [0.25, 0.3) is 0 Å². The Morgan fingerprint density at radius 1 is 1.06 bits per heavy atom. The lowest BCUT2D eigenvalue weighted by atomic mass is 10.1. The zero-order chi connectivity index (χ0) is 12.4. The number of benzene rings is 1. The van der Waals surface area contributed by atoms with E-state index in [-0.39, 0.29) is 0 Å². The maximum atomic E-state index is 5.82. The van der Waals surface area contributed by atoms with Crippen molar-refractivity contribution in [1.82, 2.24) is 9.88 Å². The Hall–Kier alpha value is -1.87. The number of rotatable bonds is 3.